The number of nitrogens with zero attached hydrogens (tertiary/aromatic N) is 1. The highest BCUT2D eigenvalue weighted by Crippen LogP contribution is 2.24. The van der Waals surface area contributed by atoms with Crippen LogP contribution in [-0.2, 0) is 0 Å². The molecule has 2 aromatic heterocycles. The van der Waals surface area contributed by atoms with Crippen molar-refractivity contribution in [3.63, 3.8) is 0 Å². The van der Waals surface area contributed by atoms with Gasteiger partial charge in [0, 0.05) is 17.1 Å². The van der Waals surface area contributed by atoms with E-state index < -0.39 is 0 Å². The standard InChI is InChI=1S/C15H14N2O/c1-10-7-13(9-18-10)15(16)12-5-4-11-3-2-6-17-14(11)8-12/h2-9,15H,16H2,1H3. The van der Waals surface area contributed by atoms with Crippen LogP contribution in [-0.4, -0.2) is 4.98 Å². The van der Waals surface area contributed by atoms with Gasteiger partial charge in [-0.2, -0.15) is 0 Å². The Balaban J connectivity index is 2.03. The maximum Gasteiger partial charge on any atom is 0.101 e. The van der Waals surface area contributed by atoms with Crippen LogP contribution in [0.4, 0.5) is 0 Å². The van der Waals surface area contributed by atoms with Crippen LogP contribution in [0.15, 0.2) is 53.3 Å². The van der Waals surface area contributed by atoms with Crippen LogP contribution in [0.1, 0.15) is 22.9 Å². The van der Waals surface area contributed by atoms with E-state index in [1.165, 1.54) is 0 Å². The van der Waals surface area contributed by atoms with E-state index in [0.717, 1.165) is 27.8 Å². The van der Waals surface area contributed by atoms with Gasteiger partial charge in [0.2, 0.25) is 0 Å². The van der Waals surface area contributed by atoms with E-state index in [9.17, 15) is 0 Å². The molecule has 1 aromatic carbocycles. The minimum atomic E-state index is -0.172. The van der Waals surface area contributed by atoms with Crippen LogP contribution in [0, 0.1) is 6.92 Å². The van der Waals surface area contributed by atoms with Crippen molar-refractivity contribution in [3.8, 4) is 0 Å². The second kappa shape index (κ2) is 4.27. The van der Waals surface area contributed by atoms with Crippen molar-refractivity contribution in [1.82, 2.24) is 4.98 Å². The Morgan fingerprint density at radius 3 is 2.83 bits per heavy atom. The van der Waals surface area contributed by atoms with Gasteiger partial charge in [-0.15, -0.1) is 0 Å². The maximum absolute atomic E-state index is 6.23. The van der Waals surface area contributed by atoms with Crippen molar-refractivity contribution in [2.75, 3.05) is 0 Å². The average Bonchev–Trinajstić information content (AvgIpc) is 2.84. The molecular formula is C15H14N2O. The van der Waals surface area contributed by atoms with E-state index in [1.807, 2.05) is 43.3 Å². The predicted octanol–water partition coefficient (Wildman–Crippen LogP) is 3.18. The molecule has 1 atom stereocenters. The second-order valence-corrected chi connectivity index (χ2v) is 4.42. The molecule has 2 N–H and O–H groups in total. The lowest BCUT2D eigenvalue weighted by molar-refractivity contribution is 0.530. The monoisotopic (exact) mass is 238 g/mol. The van der Waals surface area contributed by atoms with Crippen LogP contribution < -0.4 is 5.73 Å². The minimum Gasteiger partial charge on any atom is -0.469 e. The molecule has 1 unspecified atom stereocenters. The number of hydrogen-bond acceptors (Lipinski definition) is 3. The molecule has 2 heterocycles. The first kappa shape index (κ1) is 11.0. The van der Waals surface area contributed by atoms with Crippen molar-refractivity contribution >= 4 is 10.9 Å². The summed E-state index contributed by atoms with van der Waals surface area (Å²) in [7, 11) is 0. The summed E-state index contributed by atoms with van der Waals surface area (Å²) in [4.78, 5) is 4.34. The summed E-state index contributed by atoms with van der Waals surface area (Å²) in [5.41, 5.74) is 9.23. The molecule has 0 saturated heterocycles. The number of fused-ring (bicyclic) bond motifs is 1. The SMILES string of the molecule is Cc1cc(C(N)c2ccc3cccnc3c2)co1. The third kappa shape index (κ3) is 1.89. The summed E-state index contributed by atoms with van der Waals surface area (Å²) in [5.74, 6) is 0.874. The predicted molar refractivity (Wildman–Crippen MR) is 71.2 cm³/mol. The number of nitrogens with two attached hydrogens (primary N) is 1. The zero-order chi connectivity index (χ0) is 12.5. The first-order valence-electron chi connectivity index (χ1n) is 5.89. The minimum absolute atomic E-state index is 0.172. The van der Waals surface area contributed by atoms with Crippen LogP contribution >= 0.6 is 0 Å². The van der Waals surface area contributed by atoms with Gasteiger partial charge in [-0.1, -0.05) is 18.2 Å². The smallest absolute Gasteiger partial charge is 0.101 e. The number of pyridine rings is 1. The van der Waals surface area contributed by atoms with E-state index in [2.05, 4.69) is 4.98 Å². The first-order valence-corrected chi connectivity index (χ1v) is 5.89. The fourth-order valence-corrected chi connectivity index (χ4v) is 2.10. The highest BCUT2D eigenvalue weighted by atomic mass is 16.3. The van der Waals surface area contributed by atoms with E-state index in [1.54, 1.807) is 12.5 Å². The second-order valence-electron chi connectivity index (χ2n) is 4.42. The van der Waals surface area contributed by atoms with Crippen molar-refractivity contribution < 1.29 is 4.42 Å². The number of furan rings is 1. The molecule has 0 saturated carbocycles. The average molecular weight is 238 g/mol. The Kier molecular flexibility index (Phi) is 2.61. The molecule has 18 heavy (non-hydrogen) atoms. The van der Waals surface area contributed by atoms with Gasteiger partial charge in [0.05, 0.1) is 17.8 Å². The Labute approximate surface area is 105 Å². The molecule has 0 aliphatic rings. The summed E-state index contributed by atoms with van der Waals surface area (Å²) in [6.45, 7) is 1.91. The van der Waals surface area contributed by atoms with Gasteiger partial charge in [-0.25, -0.2) is 0 Å². The summed E-state index contributed by atoms with van der Waals surface area (Å²) in [5, 5.41) is 1.12. The third-order valence-corrected chi connectivity index (χ3v) is 3.10. The number of rotatable bonds is 2. The van der Waals surface area contributed by atoms with Gasteiger partial charge >= 0.3 is 0 Å². The van der Waals surface area contributed by atoms with Crippen LogP contribution in [0.2, 0.25) is 0 Å². The van der Waals surface area contributed by atoms with Gasteiger partial charge in [-0.3, -0.25) is 4.98 Å². The number of benzene rings is 1. The fourth-order valence-electron chi connectivity index (χ4n) is 2.10. The fraction of sp³-hybridized carbons (Fsp3) is 0.133. The highest BCUT2D eigenvalue weighted by molar-refractivity contribution is 5.79. The normalized spacial score (nSPS) is 12.8. The van der Waals surface area contributed by atoms with Gasteiger partial charge < -0.3 is 10.2 Å². The van der Waals surface area contributed by atoms with Gasteiger partial charge in [0.25, 0.3) is 0 Å². The third-order valence-electron chi connectivity index (χ3n) is 3.10. The molecule has 3 aromatic rings. The molecule has 0 aliphatic heterocycles. The summed E-state index contributed by atoms with van der Waals surface area (Å²) in [6.07, 6.45) is 3.50. The summed E-state index contributed by atoms with van der Waals surface area (Å²) in [6, 6.07) is 11.9. The molecule has 0 spiro atoms. The van der Waals surface area contributed by atoms with Crippen LogP contribution in [0.5, 0.6) is 0 Å². The Hall–Kier alpha value is -2.13. The van der Waals surface area contributed by atoms with Crippen molar-refractivity contribution in [3.05, 3.63) is 65.7 Å². The molecular weight excluding hydrogens is 224 g/mol. The Bertz CT molecular complexity index is 688. The number of aryl methyl sites for hydroxylation is 1. The summed E-state index contributed by atoms with van der Waals surface area (Å²) >= 11 is 0. The van der Waals surface area contributed by atoms with Gasteiger partial charge in [-0.05, 0) is 30.7 Å². The molecule has 90 valence electrons. The van der Waals surface area contributed by atoms with E-state index in [-0.39, 0.29) is 6.04 Å². The maximum atomic E-state index is 6.23. The van der Waals surface area contributed by atoms with Crippen molar-refractivity contribution in [2.45, 2.75) is 13.0 Å². The zero-order valence-electron chi connectivity index (χ0n) is 10.1. The van der Waals surface area contributed by atoms with E-state index >= 15 is 0 Å². The lowest BCUT2D eigenvalue weighted by Crippen LogP contribution is -2.10. The summed E-state index contributed by atoms with van der Waals surface area (Å²) < 4.78 is 5.30. The Morgan fingerprint density at radius 1 is 1.17 bits per heavy atom. The molecule has 0 amide bonds. The zero-order valence-corrected chi connectivity index (χ0v) is 10.1. The largest absolute Gasteiger partial charge is 0.469 e. The highest BCUT2D eigenvalue weighted by Gasteiger charge is 2.11. The lowest BCUT2D eigenvalue weighted by Gasteiger charge is -2.10. The van der Waals surface area contributed by atoms with Crippen LogP contribution in [0.25, 0.3) is 10.9 Å². The molecule has 3 heteroatoms. The molecule has 3 nitrogen and oxygen atoms in total. The van der Waals surface area contributed by atoms with Gasteiger partial charge in [0.1, 0.15) is 5.76 Å². The Morgan fingerprint density at radius 2 is 2.06 bits per heavy atom. The quantitative estimate of drug-likeness (QED) is 0.746. The van der Waals surface area contributed by atoms with Crippen molar-refractivity contribution in [2.24, 2.45) is 5.73 Å². The first-order chi connectivity index (χ1) is 8.74. The lowest BCUT2D eigenvalue weighted by atomic mass is 10.0. The van der Waals surface area contributed by atoms with Gasteiger partial charge in [0.15, 0.2) is 0 Å². The molecule has 3 rings (SSSR count). The molecule has 0 fully saturated rings. The molecule has 0 radical (unpaired) electrons. The number of aromatic nitrogens is 1. The molecule has 0 bridgehead atoms. The van der Waals surface area contributed by atoms with E-state index in [4.69, 9.17) is 10.2 Å². The number of hydrogen-bond donors (Lipinski definition) is 1. The van der Waals surface area contributed by atoms with E-state index in [0.29, 0.717) is 0 Å². The van der Waals surface area contributed by atoms with Crippen molar-refractivity contribution in [1.29, 1.82) is 0 Å². The topological polar surface area (TPSA) is 52.0 Å². The van der Waals surface area contributed by atoms with Crippen LogP contribution in [0.3, 0.4) is 0 Å². The molecule has 0 aliphatic carbocycles.